The fourth-order valence-electron chi connectivity index (χ4n) is 2.90. The van der Waals surface area contributed by atoms with Crippen LogP contribution in [0.5, 0.6) is 0 Å². The van der Waals surface area contributed by atoms with Crippen molar-refractivity contribution in [3.63, 3.8) is 0 Å². The predicted octanol–water partition coefficient (Wildman–Crippen LogP) is 5.32. The Labute approximate surface area is 129 Å². The van der Waals surface area contributed by atoms with Crippen molar-refractivity contribution in [2.45, 2.75) is 0 Å². The molecule has 4 aromatic rings. The van der Waals surface area contributed by atoms with Crippen molar-refractivity contribution in [1.29, 1.82) is 0 Å². The topological polar surface area (TPSA) is 38.0 Å². The molecule has 2 heteroatoms. The number of fused-ring (bicyclic) bond motifs is 2. The van der Waals surface area contributed by atoms with Crippen LogP contribution in [0.4, 0.5) is 17.1 Å². The Morgan fingerprint density at radius 3 is 2.05 bits per heavy atom. The first-order valence-corrected chi connectivity index (χ1v) is 7.35. The normalized spacial score (nSPS) is 10.9. The zero-order valence-electron chi connectivity index (χ0n) is 12.1. The van der Waals surface area contributed by atoms with E-state index in [1.165, 1.54) is 16.2 Å². The van der Waals surface area contributed by atoms with E-state index in [1.807, 2.05) is 18.2 Å². The van der Waals surface area contributed by atoms with Crippen molar-refractivity contribution in [1.82, 2.24) is 0 Å². The second-order valence-electron chi connectivity index (χ2n) is 5.40. The minimum Gasteiger partial charge on any atom is -0.397 e. The van der Waals surface area contributed by atoms with E-state index in [-0.39, 0.29) is 0 Å². The Morgan fingerprint density at radius 2 is 1.23 bits per heavy atom. The van der Waals surface area contributed by atoms with Crippen LogP contribution in [0.3, 0.4) is 0 Å². The van der Waals surface area contributed by atoms with E-state index in [0.29, 0.717) is 0 Å². The van der Waals surface area contributed by atoms with Crippen molar-refractivity contribution in [2.24, 2.45) is 0 Å². The quantitative estimate of drug-likeness (QED) is 0.489. The molecular weight excluding hydrogens is 268 g/mol. The summed E-state index contributed by atoms with van der Waals surface area (Å²) in [6.45, 7) is 0. The van der Waals surface area contributed by atoms with Crippen LogP contribution in [0.1, 0.15) is 0 Å². The highest BCUT2D eigenvalue weighted by molar-refractivity contribution is 6.04. The van der Waals surface area contributed by atoms with E-state index in [2.05, 4.69) is 66.0 Å². The van der Waals surface area contributed by atoms with Gasteiger partial charge in [-0.2, -0.15) is 0 Å². The van der Waals surface area contributed by atoms with Crippen molar-refractivity contribution in [2.75, 3.05) is 11.1 Å². The van der Waals surface area contributed by atoms with E-state index < -0.39 is 0 Å². The molecule has 0 fully saturated rings. The number of rotatable bonds is 2. The average Bonchev–Trinajstić information content (AvgIpc) is 2.58. The molecule has 0 saturated carbocycles. The molecule has 2 nitrogen and oxygen atoms in total. The molecule has 106 valence electrons. The molecule has 0 amide bonds. The van der Waals surface area contributed by atoms with E-state index >= 15 is 0 Å². The predicted molar refractivity (Wildman–Crippen MR) is 95.6 cm³/mol. The second kappa shape index (κ2) is 5.08. The number of hydrogen-bond donors (Lipinski definition) is 2. The van der Waals surface area contributed by atoms with Crippen LogP contribution in [0.2, 0.25) is 0 Å². The average molecular weight is 284 g/mol. The lowest BCUT2D eigenvalue weighted by Crippen LogP contribution is -1.98. The van der Waals surface area contributed by atoms with Gasteiger partial charge >= 0.3 is 0 Å². The first-order valence-electron chi connectivity index (χ1n) is 7.35. The summed E-state index contributed by atoms with van der Waals surface area (Å²) in [5, 5.41) is 8.25. The van der Waals surface area contributed by atoms with Crippen molar-refractivity contribution < 1.29 is 0 Å². The van der Waals surface area contributed by atoms with Gasteiger partial charge in [-0.05, 0) is 22.9 Å². The first kappa shape index (κ1) is 12.7. The van der Waals surface area contributed by atoms with Crippen LogP contribution in [0.25, 0.3) is 21.5 Å². The summed E-state index contributed by atoms with van der Waals surface area (Å²) in [4.78, 5) is 0. The molecule has 0 heterocycles. The monoisotopic (exact) mass is 284 g/mol. The molecule has 0 spiro atoms. The zero-order valence-corrected chi connectivity index (χ0v) is 12.1. The third-order valence-corrected chi connectivity index (χ3v) is 4.01. The molecule has 22 heavy (non-hydrogen) atoms. The van der Waals surface area contributed by atoms with Crippen LogP contribution in [-0.4, -0.2) is 0 Å². The summed E-state index contributed by atoms with van der Waals surface area (Å²) in [5.74, 6) is 0. The molecule has 0 aliphatic carbocycles. The van der Waals surface area contributed by atoms with Crippen LogP contribution in [-0.2, 0) is 0 Å². The van der Waals surface area contributed by atoms with Crippen LogP contribution in [0, 0.1) is 0 Å². The summed E-state index contributed by atoms with van der Waals surface area (Å²) in [7, 11) is 0. The van der Waals surface area contributed by atoms with E-state index in [9.17, 15) is 0 Å². The highest BCUT2D eigenvalue weighted by Gasteiger charge is 2.07. The molecule has 0 bridgehead atoms. The van der Waals surface area contributed by atoms with Crippen molar-refractivity contribution in [3.8, 4) is 0 Å². The van der Waals surface area contributed by atoms with Gasteiger partial charge in [-0.25, -0.2) is 0 Å². The van der Waals surface area contributed by atoms with Gasteiger partial charge in [0.15, 0.2) is 0 Å². The molecule has 4 aromatic carbocycles. The highest BCUT2D eigenvalue weighted by atomic mass is 14.9. The molecule has 0 unspecified atom stereocenters. The maximum atomic E-state index is 6.22. The number of hydrogen-bond acceptors (Lipinski definition) is 2. The fraction of sp³-hybridized carbons (Fsp3) is 0. The minimum atomic E-state index is 0.756. The molecular formula is C20H16N2. The molecule has 3 N–H and O–H groups in total. The van der Waals surface area contributed by atoms with Gasteiger partial charge in [-0.1, -0.05) is 66.7 Å². The van der Waals surface area contributed by atoms with Gasteiger partial charge in [0.1, 0.15) is 0 Å². The Kier molecular flexibility index (Phi) is 2.94. The van der Waals surface area contributed by atoms with Crippen LogP contribution >= 0.6 is 0 Å². The third-order valence-electron chi connectivity index (χ3n) is 4.01. The van der Waals surface area contributed by atoms with Gasteiger partial charge in [0.25, 0.3) is 0 Å². The summed E-state index contributed by atoms with van der Waals surface area (Å²) in [6, 6.07) is 26.9. The Bertz CT molecular complexity index is 968. The zero-order chi connectivity index (χ0) is 14.9. The largest absolute Gasteiger partial charge is 0.397 e. The van der Waals surface area contributed by atoms with Gasteiger partial charge in [0.05, 0.1) is 11.4 Å². The van der Waals surface area contributed by atoms with Gasteiger partial charge in [0.2, 0.25) is 0 Å². The van der Waals surface area contributed by atoms with Crippen LogP contribution < -0.4 is 11.1 Å². The maximum Gasteiger partial charge on any atom is 0.0697 e. The SMILES string of the molecule is Nc1ccc2ccccc2c1Nc1cccc2ccccc12. The third kappa shape index (κ3) is 2.06. The smallest absolute Gasteiger partial charge is 0.0697 e. The standard InChI is InChI=1S/C20H16N2/c21-18-13-12-15-7-2-4-10-17(15)20(18)22-19-11-5-8-14-6-1-3-9-16(14)19/h1-13,22H,21H2. The molecule has 4 rings (SSSR count). The lowest BCUT2D eigenvalue weighted by molar-refractivity contribution is 1.60. The molecule has 0 radical (unpaired) electrons. The molecule has 0 aromatic heterocycles. The Morgan fingerprint density at radius 1 is 0.591 bits per heavy atom. The number of nitrogens with one attached hydrogen (secondary N) is 1. The highest BCUT2D eigenvalue weighted by Crippen LogP contribution is 2.34. The summed E-state index contributed by atoms with van der Waals surface area (Å²) < 4.78 is 0. The van der Waals surface area contributed by atoms with Crippen molar-refractivity contribution >= 4 is 38.6 Å². The van der Waals surface area contributed by atoms with Gasteiger partial charge in [0, 0.05) is 16.5 Å². The lowest BCUT2D eigenvalue weighted by atomic mass is 10.1. The Balaban J connectivity index is 1.91. The molecule has 0 aliphatic rings. The molecule has 0 aliphatic heterocycles. The number of nitrogen functional groups attached to an aromatic ring is 1. The summed E-state index contributed by atoms with van der Waals surface area (Å²) in [6.07, 6.45) is 0. The molecule has 0 saturated heterocycles. The van der Waals surface area contributed by atoms with Crippen LogP contribution in [0.15, 0.2) is 78.9 Å². The lowest BCUT2D eigenvalue weighted by Gasteiger charge is -2.14. The van der Waals surface area contributed by atoms with E-state index in [0.717, 1.165) is 22.4 Å². The van der Waals surface area contributed by atoms with E-state index in [4.69, 9.17) is 5.73 Å². The van der Waals surface area contributed by atoms with Gasteiger partial charge in [-0.3, -0.25) is 0 Å². The second-order valence-corrected chi connectivity index (χ2v) is 5.40. The van der Waals surface area contributed by atoms with Gasteiger partial charge in [-0.15, -0.1) is 0 Å². The van der Waals surface area contributed by atoms with E-state index in [1.54, 1.807) is 0 Å². The van der Waals surface area contributed by atoms with Gasteiger partial charge < -0.3 is 11.1 Å². The number of anilines is 3. The first-order chi connectivity index (χ1) is 10.8. The minimum absolute atomic E-state index is 0.756. The Hall–Kier alpha value is -3.00. The fourth-order valence-corrected chi connectivity index (χ4v) is 2.90. The summed E-state index contributed by atoms with van der Waals surface area (Å²) in [5.41, 5.74) is 9.01. The number of nitrogens with two attached hydrogens (primary N) is 1. The number of benzene rings is 4. The summed E-state index contributed by atoms with van der Waals surface area (Å²) >= 11 is 0. The molecule has 0 atom stereocenters. The van der Waals surface area contributed by atoms with Crippen molar-refractivity contribution in [3.05, 3.63) is 78.9 Å². The maximum absolute atomic E-state index is 6.22.